The van der Waals surface area contributed by atoms with Gasteiger partial charge in [0.15, 0.2) is 0 Å². The van der Waals surface area contributed by atoms with Crippen molar-refractivity contribution < 1.29 is 13.9 Å². The number of aryl methyl sites for hydroxylation is 1. The molecule has 2 atom stereocenters. The lowest BCUT2D eigenvalue weighted by Crippen LogP contribution is -2.33. The zero-order valence-electron chi connectivity index (χ0n) is 11.5. The smallest absolute Gasteiger partial charge is 0.127 e. The lowest BCUT2D eigenvalue weighted by molar-refractivity contribution is 0.0795. The van der Waals surface area contributed by atoms with Crippen molar-refractivity contribution in [1.82, 2.24) is 4.98 Å². The summed E-state index contributed by atoms with van der Waals surface area (Å²) < 4.78 is 24.1. The van der Waals surface area contributed by atoms with Crippen LogP contribution in [0.15, 0.2) is 24.3 Å². The first-order chi connectivity index (χ1) is 9.67. The van der Waals surface area contributed by atoms with Crippen LogP contribution in [0.2, 0.25) is 0 Å². The van der Waals surface area contributed by atoms with Crippen LogP contribution < -0.4 is 5.32 Å². The number of fused-ring (bicyclic) bond motifs is 1. The molecular weight excluding hydrogens is 259 g/mol. The molecule has 1 N–H and O–H groups in total. The van der Waals surface area contributed by atoms with Crippen LogP contribution in [0, 0.1) is 12.7 Å². The number of anilines is 1. The van der Waals surface area contributed by atoms with Crippen molar-refractivity contribution in [3.8, 4) is 0 Å². The molecule has 1 aromatic carbocycles. The van der Waals surface area contributed by atoms with E-state index in [1.54, 1.807) is 13.2 Å². The van der Waals surface area contributed by atoms with E-state index in [0.29, 0.717) is 18.7 Å². The molecule has 1 saturated heterocycles. The van der Waals surface area contributed by atoms with Crippen LogP contribution >= 0.6 is 0 Å². The third-order valence-corrected chi connectivity index (χ3v) is 3.64. The predicted octanol–water partition coefficient (Wildman–Crippen LogP) is 2.51. The highest BCUT2D eigenvalue weighted by molar-refractivity contribution is 5.83. The van der Waals surface area contributed by atoms with Crippen molar-refractivity contribution in [2.24, 2.45) is 0 Å². The molecule has 1 aromatic heterocycles. The minimum Gasteiger partial charge on any atom is -0.377 e. The van der Waals surface area contributed by atoms with Gasteiger partial charge in [0, 0.05) is 18.6 Å². The molecule has 4 nitrogen and oxygen atoms in total. The number of ether oxygens (including phenoxy) is 2. The summed E-state index contributed by atoms with van der Waals surface area (Å²) in [6.45, 7) is 3.15. The van der Waals surface area contributed by atoms with Crippen LogP contribution in [0.4, 0.5) is 10.2 Å². The second-order valence-corrected chi connectivity index (χ2v) is 5.05. The molecule has 5 heteroatoms. The van der Waals surface area contributed by atoms with Crippen LogP contribution in [-0.2, 0) is 9.47 Å². The monoisotopic (exact) mass is 276 g/mol. The number of benzene rings is 1. The molecule has 3 rings (SSSR count). The summed E-state index contributed by atoms with van der Waals surface area (Å²) in [4.78, 5) is 4.47. The molecule has 0 spiro atoms. The van der Waals surface area contributed by atoms with Gasteiger partial charge in [-0.15, -0.1) is 0 Å². The number of methoxy groups -OCH3 is 1. The molecule has 2 heterocycles. The fourth-order valence-electron chi connectivity index (χ4n) is 2.54. The van der Waals surface area contributed by atoms with Gasteiger partial charge in [0.05, 0.1) is 24.8 Å². The average molecular weight is 276 g/mol. The molecule has 0 radical (unpaired) electrons. The van der Waals surface area contributed by atoms with Crippen molar-refractivity contribution >= 4 is 16.7 Å². The molecule has 20 heavy (non-hydrogen) atoms. The van der Waals surface area contributed by atoms with Gasteiger partial charge in [0.2, 0.25) is 0 Å². The van der Waals surface area contributed by atoms with E-state index in [-0.39, 0.29) is 18.0 Å². The number of rotatable bonds is 3. The first kappa shape index (κ1) is 13.3. The van der Waals surface area contributed by atoms with E-state index in [1.165, 1.54) is 12.1 Å². The standard InChI is InChI=1S/C15H17FN2O2/c1-9-5-15(18-13-7-20-8-14(13)19-2)17-12-6-10(16)3-4-11(9)12/h3-6,13-14H,7-8H2,1-2H3,(H,17,18)/t13-,14-/m0/s1. The Morgan fingerprint density at radius 2 is 2.20 bits per heavy atom. The molecule has 106 valence electrons. The number of nitrogens with one attached hydrogen (secondary N) is 1. The molecule has 1 aliphatic heterocycles. The van der Waals surface area contributed by atoms with Gasteiger partial charge < -0.3 is 14.8 Å². The molecule has 0 amide bonds. The second-order valence-electron chi connectivity index (χ2n) is 5.05. The van der Waals surface area contributed by atoms with E-state index >= 15 is 0 Å². The Labute approximate surface area is 116 Å². The highest BCUT2D eigenvalue weighted by Gasteiger charge is 2.28. The van der Waals surface area contributed by atoms with Gasteiger partial charge in [-0.2, -0.15) is 0 Å². The number of aromatic nitrogens is 1. The van der Waals surface area contributed by atoms with E-state index in [1.807, 2.05) is 13.0 Å². The Morgan fingerprint density at radius 1 is 1.35 bits per heavy atom. The van der Waals surface area contributed by atoms with E-state index in [9.17, 15) is 4.39 Å². The van der Waals surface area contributed by atoms with E-state index in [4.69, 9.17) is 9.47 Å². The third kappa shape index (κ3) is 2.46. The maximum absolute atomic E-state index is 13.3. The minimum atomic E-state index is -0.277. The zero-order valence-corrected chi connectivity index (χ0v) is 11.5. The Bertz CT molecular complexity index is 633. The summed E-state index contributed by atoms with van der Waals surface area (Å²) in [5.41, 5.74) is 1.71. The van der Waals surface area contributed by atoms with Crippen molar-refractivity contribution in [3.05, 3.63) is 35.6 Å². The summed E-state index contributed by atoms with van der Waals surface area (Å²) in [7, 11) is 1.67. The van der Waals surface area contributed by atoms with Gasteiger partial charge in [0.25, 0.3) is 0 Å². The molecule has 0 saturated carbocycles. The molecule has 1 aliphatic rings. The van der Waals surface area contributed by atoms with Gasteiger partial charge in [-0.1, -0.05) is 0 Å². The number of hydrogen-bond donors (Lipinski definition) is 1. The fourth-order valence-corrected chi connectivity index (χ4v) is 2.54. The number of halogens is 1. The Hall–Kier alpha value is -1.72. The Balaban J connectivity index is 1.92. The lowest BCUT2D eigenvalue weighted by atomic mass is 10.1. The van der Waals surface area contributed by atoms with Crippen molar-refractivity contribution in [2.75, 3.05) is 25.6 Å². The number of pyridine rings is 1. The van der Waals surface area contributed by atoms with Crippen LogP contribution in [-0.4, -0.2) is 37.5 Å². The van der Waals surface area contributed by atoms with Gasteiger partial charge in [-0.25, -0.2) is 9.37 Å². The maximum Gasteiger partial charge on any atom is 0.127 e. The highest BCUT2D eigenvalue weighted by Crippen LogP contribution is 2.22. The fraction of sp³-hybridized carbons (Fsp3) is 0.400. The number of hydrogen-bond acceptors (Lipinski definition) is 4. The van der Waals surface area contributed by atoms with Gasteiger partial charge >= 0.3 is 0 Å². The van der Waals surface area contributed by atoms with Crippen LogP contribution in [0.3, 0.4) is 0 Å². The average Bonchev–Trinajstić information content (AvgIpc) is 2.85. The van der Waals surface area contributed by atoms with Gasteiger partial charge in [0.1, 0.15) is 17.7 Å². The predicted molar refractivity (Wildman–Crippen MR) is 75.5 cm³/mol. The topological polar surface area (TPSA) is 43.4 Å². The summed E-state index contributed by atoms with van der Waals surface area (Å²) in [6, 6.07) is 6.69. The van der Waals surface area contributed by atoms with Crippen molar-refractivity contribution in [1.29, 1.82) is 0 Å². The normalized spacial score (nSPS) is 22.4. The quantitative estimate of drug-likeness (QED) is 0.935. The third-order valence-electron chi connectivity index (χ3n) is 3.64. The lowest BCUT2D eigenvalue weighted by Gasteiger charge is -2.18. The van der Waals surface area contributed by atoms with Crippen LogP contribution in [0.5, 0.6) is 0 Å². The zero-order chi connectivity index (χ0) is 14.1. The Morgan fingerprint density at radius 3 is 3.00 bits per heavy atom. The van der Waals surface area contributed by atoms with Crippen LogP contribution in [0.1, 0.15) is 5.56 Å². The highest BCUT2D eigenvalue weighted by atomic mass is 19.1. The SMILES string of the molecule is CO[C@H]1COC[C@@H]1Nc1cc(C)c2ccc(F)cc2n1. The molecule has 1 fully saturated rings. The largest absolute Gasteiger partial charge is 0.377 e. The first-order valence-corrected chi connectivity index (χ1v) is 6.61. The molecule has 2 aromatic rings. The van der Waals surface area contributed by atoms with Gasteiger partial charge in [-0.05, 0) is 30.7 Å². The minimum absolute atomic E-state index is 0.0142. The molecule has 0 unspecified atom stereocenters. The number of nitrogens with zero attached hydrogens (tertiary/aromatic N) is 1. The molecular formula is C15H17FN2O2. The summed E-state index contributed by atoms with van der Waals surface area (Å²) in [5, 5.41) is 4.27. The van der Waals surface area contributed by atoms with Crippen molar-refractivity contribution in [2.45, 2.75) is 19.1 Å². The van der Waals surface area contributed by atoms with Crippen LogP contribution in [0.25, 0.3) is 10.9 Å². The van der Waals surface area contributed by atoms with E-state index < -0.39 is 0 Å². The summed E-state index contributed by atoms with van der Waals surface area (Å²) in [5.74, 6) is 0.443. The Kier molecular flexibility index (Phi) is 3.54. The molecule has 0 bridgehead atoms. The maximum atomic E-state index is 13.3. The second kappa shape index (κ2) is 5.34. The van der Waals surface area contributed by atoms with Gasteiger partial charge in [-0.3, -0.25) is 0 Å². The summed E-state index contributed by atoms with van der Waals surface area (Å²) >= 11 is 0. The van der Waals surface area contributed by atoms with E-state index in [0.717, 1.165) is 16.8 Å². The first-order valence-electron chi connectivity index (χ1n) is 6.61. The molecule has 0 aliphatic carbocycles. The summed E-state index contributed by atoms with van der Waals surface area (Å²) in [6.07, 6.45) is 0.0142. The van der Waals surface area contributed by atoms with E-state index in [2.05, 4.69) is 10.3 Å². The van der Waals surface area contributed by atoms with Crippen molar-refractivity contribution in [3.63, 3.8) is 0 Å².